The van der Waals surface area contributed by atoms with E-state index >= 15 is 0 Å². The summed E-state index contributed by atoms with van der Waals surface area (Å²) in [6.07, 6.45) is -2.94. The summed E-state index contributed by atoms with van der Waals surface area (Å²) in [5.41, 5.74) is 2.49. The van der Waals surface area contributed by atoms with E-state index in [9.17, 15) is 17.4 Å². The van der Waals surface area contributed by atoms with E-state index in [0.717, 1.165) is 27.4 Å². The van der Waals surface area contributed by atoms with Gasteiger partial charge >= 0.3 is 6.18 Å². The smallest absolute Gasteiger partial charge is 0.369 e. The first-order chi connectivity index (χ1) is 15.8. The molecule has 4 aromatic rings. The van der Waals surface area contributed by atoms with Gasteiger partial charge in [-0.05, 0) is 40.5 Å². The number of benzene rings is 2. The van der Waals surface area contributed by atoms with Crippen molar-refractivity contribution in [2.75, 3.05) is 18.4 Å². The lowest BCUT2D eigenvalue weighted by atomic mass is 10.1. The first-order valence-corrected chi connectivity index (χ1v) is 11.9. The zero-order valence-electron chi connectivity index (χ0n) is 17.4. The number of hydrogen-bond donors (Lipinski definition) is 2. The van der Waals surface area contributed by atoms with Crippen molar-refractivity contribution in [2.45, 2.75) is 18.0 Å². The van der Waals surface area contributed by atoms with Crippen LogP contribution in [0.15, 0.2) is 70.2 Å². The number of anilines is 1. The Labute approximate surface area is 199 Å². The highest BCUT2D eigenvalue weighted by atomic mass is 79.9. The average molecular weight is 538 g/mol. The monoisotopic (exact) mass is 537 g/mol. The molecule has 2 heterocycles. The van der Waals surface area contributed by atoms with E-state index in [2.05, 4.69) is 31.1 Å². The second-order valence-electron chi connectivity index (χ2n) is 7.15. The van der Waals surface area contributed by atoms with Crippen molar-refractivity contribution in [3.8, 4) is 11.3 Å². The quantitative estimate of drug-likeness (QED) is 0.317. The largest absolute Gasteiger partial charge is 0.417 e. The first-order valence-electron chi connectivity index (χ1n) is 9.91. The first kappa shape index (κ1) is 23.4. The zero-order valence-corrected chi connectivity index (χ0v) is 19.8. The average Bonchev–Trinajstić information content (AvgIpc) is 3.17. The van der Waals surface area contributed by atoms with Crippen LogP contribution in [0.3, 0.4) is 0 Å². The van der Waals surface area contributed by atoms with Gasteiger partial charge < -0.3 is 5.32 Å². The van der Waals surface area contributed by atoms with Crippen LogP contribution in [0, 0.1) is 6.92 Å². The molecule has 0 aliphatic carbocycles. The molecule has 33 heavy (non-hydrogen) atoms. The topological polar surface area (TPSA) is 71.3 Å². The molecular formula is C22H19BrF3N5OS. The molecule has 0 radical (unpaired) electrons. The number of aromatic nitrogens is 3. The number of nitrogens with zero attached hydrogens (tertiary/aromatic N) is 3. The lowest BCUT2D eigenvalue weighted by Crippen LogP contribution is -2.26. The molecule has 0 aliphatic heterocycles. The van der Waals surface area contributed by atoms with E-state index in [4.69, 9.17) is 4.98 Å². The summed E-state index contributed by atoms with van der Waals surface area (Å²) in [5, 5.41) is 7.52. The van der Waals surface area contributed by atoms with Gasteiger partial charge in [0.15, 0.2) is 5.65 Å². The number of rotatable bonds is 7. The molecule has 11 heteroatoms. The Morgan fingerprint density at radius 1 is 1.09 bits per heavy atom. The SMILES string of the molecule is Cc1ccccc1-c1cc(NCCNS(=O)c2ccccc2C(F)(F)F)n2ncc(Br)c2n1. The third-order valence-electron chi connectivity index (χ3n) is 4.91. The van der Waals surface area contributed by atoms with E-state index in [1.807, 2.05) is 37.3 Å². The molecule has 0 amide bonds. The molecule has 6 nitrogen and oxygen atoms in total. The maximum atomic E-state index is 13.2. The van der Waals surface area contributed by atoms with Crippen LogP contribution in [0.25, 0.3) is 16.9 Å². The second-order valence-corrected chi connectivity index (χ2v) is 9.27. The molecule has 0 fully saturated rings. The van der Waals surface area contributed by atoms with Crippen LogP contribution in [-0.4, -0.2) is 31.9 Å². The predicted molar refractivity (Wildman–Crippen MR) is 125 cm³/mol. The summed E-state index contributed by atoms with van der Waals surface area (Å²) in [7, 11) is -2.01. The van der Waals surface area contributed by atoms with Gasteiger partial charge in [-0.2, -0.15) is 22.8 Å². The normalized spacial score (nSPS) is 12.8. The number of nitrogens with one attached hydrogen (secondary N) is 2. The molecule has 0 saturated carbocycles. The van der Waals surface area contributed by atoms with Crippen molar-refractivity contribution in [3.63, 3.8) is 0 Å². The lowest BCUT2D eigenvalue weighted by molar-refractivity contribution is -0.139. The highest BCUT2D eigenvalue weighted by molar-refractivity contribution is 9.10. The Morgan fingerprint density at radius 3 is 2.58 bits per heavy atom. The fourth-order valence-electron chi connectivity index (χ4n) is 3.33. The van der Waals surface area contributed by atoms with Gasteiger partial charge in [0, 0.05) is 24.7 Å². The summed E-state index contributed by atoms with van der Waals surface area (Å²) < 4.78 is 57.0. The molecular weight excluding hydrogens is 519 g/mol. The van der Waals surface area contributed by atoms with Crippen molar-refractivity contribution in [3.05, 3.63) is 76.4 Å². The van der Waals surface area contributed by atoms with Crippen LogP contribution in [0.4, 0.5) is 19.0 Å². The summed E-state index contributed by atoms with van der Waals surface area (Å²) in [5.74, 6) is 0.646. The molecule has 2 aromatic heterocycles. The van der Waals surface area contributed by atoms with E-state index in [-0.39, 0.29) is 11.4 Å². The molecule has 0 saturated heterocycles. The van der Waals surface area contributed by atoms with Gasteiger partial charge in [0.2, 0.25) is 0 Å². The Balaban J connectivity index is 1.50. The summed E-state index contributed by atoms with van der Waals surface area (Å²) in [4.78, 5) is 4.40. The molecule has 0 bridgehead atoms. The maximum Gasteiger partial charge on any atom is 0.417 e. The van der Waals surface area contributed by atoms with Gasteiger partial charge in [-0.25, -0.2) is 13.9 Å². The van der Waals surface area contributed by atoms with E-state index in [1.165, 1.54) is 18.2 Å². The van der Waals surface area contributed by atoms with E-state index < -0.39 is 22.7 Å². The van der Waals surface area contributed by atoms with Gasteiger partial charge in [0.25, 0.3) is 0 Å². The molecule has 4 rings (SSSR count). The van der Waals surface area contributed by atoms with Crippen LogP contribution in [-0.2, 0) is 17.2 Å². The van der Waals surface area contributed by atoms with Crippen molar-refractivity contribution >= 4 is 38.4 Å². The molecule has 2 N–H and O–H groups in total. The van der Waals surface area contributed by atoms with Crippen LogP contribution >= 0.6 is 15.9 Å². The van der Waals surface area contributed by atoms with Gasteiger partial charge in [0.1, 0.15) is 16.8 Å². The van der Waals surface area contributed by atoms with Crippen LogP contribution in [0.2, 0.25) is 0 Å². The van der Waals surface area contributed by atoms with Crippen LogP contribution in [0.5, 0.6) is 0 Å². The van der Waals surface area contributed by atoms with Crippen LogP contribution < -0.4 is 10.0 Å². The fraction of sp³-hybridized carbons (Fsp3) is 0.182. The van der Waals surface area contributed by atoms with Gasteiger partial charge in [0.05, 0.1) is 26.8 Å². The Morgan fingerprint density at radius 2 is 1.82 bits per heavy atom. The van der Waals surface area contributed by atoms with Crippen molar-refractivity contribution in [2.24, 2.45) is 0 Å². The molecule has 0 spiro atoms. The van der Waals surface area contributed by atoms with Gasteiger partial charge in [-0.15, -0.1) is 0 Å². The Bertz CT molecular complexity index is 1330. The minimum atomic E-state index is -4.58. The lowest BCUT2D eigenvalue weighted by Gasteiger charge is -2.14. The van der Waals surface area contributed by atoms with Crippen LogP contribution in [0.1, 0.15) is 11.1 Å². The summed E-state index contributed by atoms with van der Waals surface area (Å²) >= 11 is 3.46. The maximum absolute atomic E-state index is 13.2. The zero-order chi connectivity index (χ0) is 23.6. The molecule has 1 atom stereocenters. The second kappa shape index (κ2) is 9.62. The molecule has 2 aromatic carbocycles. The van der Waals surface area contributed by atoms with Gasteiger partial charge in [-0.1, -0.05) is 36.4 Å². The minimum Gasteiger partial charge on any atom is -0.369 e. The van der Waals surface area contributed by atoms with Crippen molar-refractivity contribution < 1.29 is 17.4 Å². The highest BCUT2D eigenvalue weighted by Gasteiger charge is 2.34. The van der Waals surface area contributed by atoms with Crippen molar-refractivity contribution in [1.29, 1.82) is 0 Å². The van der Waals surface area contributed by atoms with E-state index in [0.29, 0.717) is 18.0 Å². The van der Waals surface area contributed by atoms with Crippen molar-refractivity contribution in [1.82, 2.24) is 19.3 Å². The number of hydrogen-bond acceptors (Lipinski definition) is 4. The molecule has 1 unspecified atom stereocenters. The Hall–Kier alpha value is -2.76. The summed E-state index contributed by atoms with van der Waals surface area (Å²) in [6, 6.07) is 14.5. The van der Waals surface area contributed by atoms with Gasteiger partial charge in [-0.3, -0.25) is 0 Å². The van der Waals surface area contributed by atoms with E-state index in [1.54, 1.807) is 10.7 Å². The number of alkyl halides is 3. The number of aryl methyl sites for hydroxylation is 1. The predicted octanol–water partition coefficient (Wildman–Crippen LogP) is 5.21. The number of fused-ring (bicyclic) bond motifs is 1. The Kier molecular flexibility index (Phi) is 6.82. The standard InChI is InChI=1S/C22H19BrF3N5OS/c1-14-6-2-3-7-15(14)18-12-20(31-21(30-18)17(23)13-28-31)27-10-11-29-33(32)19-9-5-4-8-16(19)22(24,25)26/h2-9,12-13,27,29H,10-11H2,1H3. The third kappa shape index (κ3) is 5.10. The fourth-order valence-corrected chi connectivity index (χ4v) is 4.71. The minimum absolute atomic E-state index is 0.157. The molecule has 0 aliphatic rings. The third-order valence-corrected chi connectivity index (χ3v) is 6.69. The highest BCUT2D eigenvalue weighted by Crippen LogP contribution is 2.33. The molecule has 172 valence electrons. The summed E-state index contributed by atoms with van der Waals surface area (Å²) in [6.45, 7) is 2.45. The number of halogens is 4.